The van der Waals surface area contributed by atoms with Crippen molar-refractivity contribution in [1.82, 2.24) is 9.80 Å². The molecule has 2 rings (SSSR count). The van der Waals surface area contributed by atoms with Crippen LogP contribution in [0.2, 0.25) is 0 Å². The molecule has 3 nitrogen and oxygen atoms in total. The fraction of sp³-hybridized carbons (Fsp3) is 0.500. The van der Waals surface area contributed by atoms with Crippen LogP contribution in [0.25, 0.3) is 0 Å². The van der Waals surface area contributed by atoms with Crippen LogP contribution in [0.1, 0.15) is 16.8 Å². The van der Waals surface area contributed by atoms with E-state index in [1.165, 1.54) is 12.1 Å². The maximum atomic E-state index is 13.6. The Morgan fingerprint density at radius 3 is 2.79 bits per heavy atom. The molecule has 0 radical (unpaired) electrons. The number of ketones is 1. The summed E-state index contributed by atoms with van der Waals surface area (Å²) in [6.07, 6.45) is 0.210. The number of carbonyl (C=O) groups is 1. The van der Waals surface area contributed by atoms with Crippen molar-refractivity contribution in [2.24, 2.45) is 0 Å². The molecule has 0 aliphatic carbocycles. The fourth-order valence-corrected chi connectivity index (χ4v) is 2.36. The molecule has 0 amide bonds. The number of rotatable bonds is 3. The normalized spacial score (nSPS) is 21.6. The van der Waals surface area contributed by atoms with Gasteiger partial charge in [0.25, 0.3) is 0 Å². The summed E-state index contributed by atoms with van der Waals surface area (Å²) in [4.78, 5) is 16.3. The Morgan fingerprint density at radius 2 is 2.05 bits per heavy atom. The van der Waals surface area contributed by atoms with E-state index in [9.17, 15) is 13.6 Å². The minimum Gasteiger partial charge on any atom is -0.304 e. The van der Waals surface area contributed by atoms with Crippen molar-refractivity contribution < 1.29 is 13.6 Å². The number of likely N-dealkylation sites (N-methyl/N-ethyl adjacent to an activating group) is 2. The third-order valence-corrected chi connectivity index (χ3v) is 3.65. The van der Waals surface area contributed by atoms with Crippen LogP contribution in [-0.4, -0.2) is 55.4 Å². The van der Waals surface area contributed by atoms with Crippen LogP contribution in [-0.2, 0) is 0 Å². The molecular weight excluding hydrogens is 250 g/mol. The summed E-state index contributed by atoms with van der Waals surface area (Å²) in [6.45, 7) is 2.59. The Bertz CT molecular complexity index is 479. The summed E-state index contributed by atoms with van der Waals surface area (Å²) < 4.78 is 26.7. The zero-order chi connectivity index (χ0) is 14.0. The minimum atomic E-state index is -1.04. The number of benzene rings is 1. The fourth-order valence-electron chi connectivity index (χ4n) is 2.36. The lowest BCUT2D eigenvalue weighted by Crippen LogP contribution is -2.50. The summed E-state index contributed by atoms with van der Waals surface area (Å²) in [5, 5.41) is 0. The number of piperazine rings is 1. The Balaban J connectivity index is 2.10. The van der Waals surface area contributed by atoms with Crippen LogP contribution in [0.4, 0.5) is 8.78 Å². The molecule has 1 aliphatic heterocycles. The molecule has 0 bridgehead atoms. The van der Waals surface area contributed by atoms with Crippen LogP contribution in [0.5, 0.6) is 0 Å². The summed E-state index contributed by atoms with van der Waals surface area (Å²) in [7, 11) is 3.94. The monoisotopic (exact) mass is 268 g/mol. The lowest BCUT2D eigenvalue weighted by Gasteiger charge is -2.37. The molecule has 1 aromatic rings. The van der Waals surface area contributed by atoms with E-state index < -0.39 is 11.6 Å². The van der Waals surface area contributed by atoms with Crippen LogP contribution in [0.3, 0.4) is 0 Å². The van der Waals surface area contributed by atoms with Crippen LogP contribution < -0.4 is 0 Å². The van der Waals surface area contributed by atoms with Gasteiger partial charge in [-0.25, -0.2) is 8.78 Å². The molecule has 0 spiro atoms. The van der Waals surface area contributed by atoms with Gasteiger partial charge in [0.05, 0.1) is 5.56 Å². The van der Waals surface area contributed by atoms with Gasteiger partial charge >= 0.3 is 0 Å². The molecule has 1 fully saturated rings. The molecule has 1 atom stereocenters. The second-order valence-corrected chi connectivity index (χ2v) is 5.13. The molecule has 5 heteroatoms. The number of nitrogens with zero attached hydrogens (tertiary/aromatic N) is 2. The molecular formula is C14H18F2N2O. The zero-order valence-corrected chi connectivity index (χ0v) is 11.2. The van der Waals surface area contributed by atoms with Gasteiger partial charge in [0.2, 0.25) is 0 Å². The van der Waals surface area contributed by atoms with Gasteiger partial charge in [-0.05, 0) is 26.2 Å². The van der Waals surface area contributed by atoms with Gasteiger partial charge in [0.1, 0.15) is 0 Å². The molecule has 104 valence electrons. The summed E-state index contributed by atoms with van der Waals surface area (Å²) in [6, 6.07) is 3.77. The van der Waals surface area contributed by atoms with Crippen LogP contribution in [0.15, 0.2) is 18.2 Å². The maximum Gasteiger partial charge on any atom is 0.169 e. The van der Waals surface area contributed by atoms with E-state index in [1.54, 1.807) is 0 Å². The average molecular weight is 268 g/mol. The van der Waals surface area contributed by atoms with Gasteiger partial charge in [0.15, 0.2) is 17.4 Å². The first-order valence-corrected chi connectivity index (χ1v) is 6.35. The topological polar surface area (TPSA) is 23.6 Å². The van der Waals surface area contributed by atoms with Crippen molar-refractivity contribution in [3.63, 3.8) is 0 Å². The first kappa shape index (κ1) is 14.1. The SMILES string of the molecule is CN1CCN(C)C(CC(=O)c2cccc(F)c2F)C1. The number of hydrogen-bond donors (Lipinski definition) is 0. The zero-order valence-electron chi connectivity index (χ0n) is 11.2. The van der Waals surface area contributed by atoms with Crippen molar-refractivity contribution in [3.05, 3.63) is 35.4 Å². The van der Waals surface area contributed by atoms with E-state index >= 15 is 0 Å². The highest BCUT2D eigenvalue weighted by Gasteiger charge is 2.26. The highest BCUT2D eigenvalue weighted by Crippen LogP contribution is 2.17. The van der Waals surface area contributed by atoms with Crippen molar-refractivity contribution in [1.29, 1.82) is 0 Å². The molecule has 1 saturated heterocycles. The van der Waals surface area contributed by atoms with Crippen molar-refractivity contribution >= 4 is 5.78 Å². The van der Waals surface area contributed by atoms with E-state index in [0.29, 0.717) is 0 Å². The van der Waals surface area contributed by atoms with Gasteiger partial charge in [-0.2, -0.15) is 0 Å². The van der Waals surface area contributed by atoms with Crippen molar-refractivity contribution in [2.45, 2.75) is 12.5 Å². The number of halogens is 2. The third-order valence-electron chi connectivity index (χ3n) is 3.65. The van der Waals surface area contributed by atoms with E-state index in [2.05, 4.69) is 9.80 Å². The molecule has 1 heterocycles. The molecule has 0 N–H and O–H groups in total. The molecule has 1 unspecified atom stereocenters. The number of hydrogen-bond acceptors (Lipinski definition) is 3. The van der Waals surface area contributed by atoms with Crippen LogP contribution >= 0.6 is 0 Å². The summed E-state index contributed by atoms with van der Waals surface area (Å²) >= 11 is 0. The predicted molar refractivity (Wildman–Crippen MR) is 69.2 cm³/mol. The van der Waals surface area contributed by atoms with Gasteiger partial charge in [-0.3, -0.25) is 4.79 Å². The maximum absolute atomic E-state index is 13.6. The Morgan fingerprint density at radius 1 is 1.32 bits per heavy atom. The predicted octanol–water partition coefficient (Wildman–Crippen LogP) is 1.78. The van der Waals surface area contributed by atoms with Gasteiger partial charge in [0, 0.05) is 32.1 Å². The van der Waals surface area contributed by atoms with E-state index in [4.69, 9.17) is 0 Å². The Kier molecular flexibility index (Phi) is 4.27. The van der Waals surface area contributed by atoms with Crippen molar-refractivity contribution in [2.75, 3.05) is 33.7 Å². The number of carbonyl (C=O) groups excluding carboxylic acids is 1. The summed E-state index contributed by atoms with van der Waals surface area (Å²) in [5.41, 5.74) is -0.151. The smallest absolute Gasteiger partial charge is 0.169 e. The lowest BCUT2D eigenvalue weighted by molar-refractivity contribution is 0.0806. The average Bonchev–Trinajstić information content (AvgIpc) is 2.37. The Hall–Kier alpha value is -1.33. The highest BCUT2D eigenvalue weighted by atomic mass is 19.2. The summed E-state index contributed by atoms with van der Waals surface area (Å²) in [5.74, 6) is -2.36. The van der Waals surface area contributed by atoms with E-state index in [1.807, 2.05) is 14.1 Å². The van der Waals surface area contributed by atoms with Gasteiger partial charge in [-0.15, -0.1) is 0 Å². The highest BCUT2D eigenvalue weighted by molar-refractivity contribution is 5.96. The second-order valence-electron chi connectivity index (χ2n) is 5.13. The molecule has 1 aliphatic rings. The first-order chi connectivity index (χ1) is 8.99. The van der Waals surface area contributed by atoms with Gasteiger partial charge in [-0.1, -0.05) is 6.07 Å². The molecule has 1 aromatic carbocycles. The van der Waals surface area contributed by atoms with E-state index in [0.717, 1.165) is 25.7 Å². The largest absolute Gasteiger partial charge is 0.304 e. The first-order valence-electron chi connectivity index (χ1n) is 6.35. The molecule has 0 aromatic heterocycles. The standard InChI is InChI=1S/C14H18F2N2O/c1-17-6-7-18(2)10(9-17)8-13(19)11-4-3-5-12(15)14(11)16/h3-5,10H,6-9H2,1-2H3. The van der Waals surface area contributed by atoms with Crippen molar-refractivity contribution in [3.8, 4) is 0 Å². The lowest BCUT2D eigenvalue weighted by atomic mass is 10.0. The molecule has 0 saturated carbocycles. The van der Waals surface area contributed by atoms with Gasteiger partial charge < -0.3 is 9.80 Å². The van der Waals surface area contributed by atoms with Crippen LogP contribution in [0, 0.1) is 11.6 Å². The minimum absolute atomic E-state index is 0.0499. The van der Waals surface area contributed by atoms with E-state index in [-0.39, 0.29) is 23.8 Å². The Labute approximate surface area is 111 Å². The quantitative estimate of drug-likeness (QED) is 0.781. The second kappa shape index (κ2) is 5.75. The molecule has 19 heavy (non-hydrogen) atoms. The third kappa shape index (κ3) is 3.16. The number of Topliss-reactive ketones (excluding diaryl/α,β-unsaturated/α-hetero) is 1.